The van der Waals surface area contributed by atoms with Gasteiger partial charge in [0, 0.05) is 13.1 Å². The molecule has 1 aliphatic heterocycles. The minimum Gasteiger partial charge on any atom is -0.443 e. The molecule has 5 atom stereocenters. The number of Topliss-reactive ketones (excluding diaryl/α,β-unsaturated/α-hetero) is 1. The molecule has 47 heavy (non-hydrogen) atoms. The maximum absolute atomic E-state index is 14.6. The molecule has 0 aromatic rings. The van der Waals surface area contributed by atoms with Crippen molar-refractivity contribution in [3.8, 4) is 0 Å². The van der Waals surface area contributed by atoms with Gasteiger partial charge in [-0.15, -0.1) is 13.2 Å². The van der Waals surface area contributed by atoms with Crippen molar-refractivity contribution in [3.05, 3.63) is 25.3 Å². The molecule has 0 radical (unpaired) electrons. The summed E-state index contributed by atoms with van der Waals surface area (Å²) in [6, 6.07) is -2.63. The number of fused-ring (bicyclic) bond motifs is 1. The zero-order valence-electron chi connectivity index (χ0n) is 28.3. The summed E-state index contributed by atoms with van der Waals surface area (Å²) in [5, 5.41) is 8.41. The molecule has 0 spiro atoms. The van der Waals surface area contributed by atoms with Gasteiger partial charge in [-0.25, -0.2) is 4.79 Å². The number of piperidine rings is 1. The van der Waals surface area contributed by atoms with Crippen LogP contribution in [-0.2, 0) is 23.9 Å². The third-order valence-electron chi connectivity index (χ3n) is 12.6. The van der Waals surface area contributed by atoms with Gasteiger partial charge in [-0.1, -0.05) is 45.3 Å². The fourth-order valence-electron chi connectivity index (χ4n) is 10.6. The highest BCUT2D eigenvalue weighted by Crippen LogP contribution is 2.65. The van der Waals surface area contributed by atoms with Crippen molar-refractivity contribution in [1.82, 2.24) is 20.9 Å². The highest BCUT2D eigenvalue weighted by molar-refractivity contribution is 6.38. The van der Waals surface area contributed by atoms with E-state index >= 15 is 0 Å². The van der Waals surface area contributed by atoms with Crippen LogP contribution < -0.4 is 16.0 Å². The molecule has 6 saturated carbocycles. The van der Waals surface area contributed by atoms with E-state index in [1.165, 1.54) is 25.3 Å². The maximum atomic E-state index is 14.6. The van der Waals surface area contributed by atoms with Crippen LogP contribution in [0.2, 0.25) is 0 Å². The van der Waals surface area contributed by atoms with Gasteiger partial charge in [-0.3, -0.25) is 19.2 Å². The minimum atomic E-state index is -1.05. The van der Waals surface area contributed by atoms with Crippen LogP contribution >= 0.6 is 0 Å². The summed E-state index contributed by atoms with van der Waals surface area (Å²) in [6.45, 7) is 12.1. The molecular formula is C37H54N4O6. The Balaban J connectivity index is 1.19. The molecule has 1 heterocycles. The van der Waals surface area contributed by atoms with Crippen molar-refractivity contribution in [3.63, 3.8) is 0 Å². The summed E-state index contributed by atoms with van der Waals surface area (Å²) in [5.74, 6) is -0.329. The second-order valence-corrected chi connectivity index (χ2v) is 16.2. The van der Waals surface area contributed by atoms with E-state index in [4.69, 9.17) is 4.74 Å². The minimum absolute atomic E-state index is 0.0377. The van der Waals surface area contributed by atoms with E-state index in [2.05, 4.69) is 43.0 Å². The summed E-state index contributed by atoms with van der Waals surface area (Å²) in [6.07, 6.45) is 14.5. The number of hydrogen-bond acceptors (Lipinski definition) is 6. The molecule has 0 aromatic heterocycles. The molecule has 10 nitrogen and oxygen atoms in total. The monoisotopic (exact) mass is 650 g/mol. The fraction of sp³-hybridized carbons (Fsp3) is 0.757. The molecule has 10 heteroatoms. The Morgan fingerprint density at radius 2 is 1.55 bits per heavy atom. The molecule has 7 fully saturated rings. The van der Waals surface area contributed by atoms with Crippen LogP contribution in [0.1, 0.15) is 97.3 Å². The van der Waals surface area contributed by atoms with Gasteiger partial charge >= 0.3 is 6.09 Å². The van der Waals surface area contributed by atoms with Gasteiger partial charge in [0.2, 0.25) is 17.6 Å². The van der Waals surface area contributed by atoms with E-state index in [0.29, 0.717) is 30.7 Å². The smallest absolute Gasteiger partial charge is 0.408 e. The van der Waals surface area contributed by atoms with Gasteiger partial charge < -0.3 is 25.6 Å². The van der Waals surface area contributed by atoms with Gasteiger partial charge in [0.1, 0.15) is 17.7 Å². The molecule has 4 bridgehead atoms. The topological polar surface area (TPSA) is 134 Å². The number of nitrogens with zero attached hydrogens (tertiary/aromatic N) is 1. The van der Waals surface area contributed by atoms with Crippen molar-refractivity contribution in [2.75, 3.05) is 13.1 Å². The number of allylic oxidation sites excluding steroid dienone is 1. The molecule has 3 N–H and O–H groups in total. The van der Waals surface area contributed by atoms with Crippen molar-refractivity contribution >= 4 is 29.6 Å². The number of ether oxygens (including phenoxy) is 1. The average molecular weight is 651 g/mol. The third-order valence-corrected chi connectivity index (χ3v) is 12.6. The first-order chi connectivity index (χ1) is 22.5. The number of rotatable bonds is 13. The van der Waals surface area contributed by atoms with E-state index in [0.717, 1.165) is 51.4 Å². The van der Waals surface area contributed by atoms with Gasteiger partial charge in [-0.05, 0) is 105 Å². The molecule has 258 valence electrons. The van der Waals surface area contributed by atoms with Crippen LogP contribution in [0.25, 0.3) is 0 Å². The van der Waals surface area contributed by atoms with Gasteiger partial charge in [0.15, 0.2) is 0 Å². The fourth-order valence-corrected chi connectivity index (χ4v) is 10.6. The number of amides is 4. The summed E-state index contributed by atoms with van der Waals surface area (Å²) in [4.78, 5) is 69.6. The lowest BCUT2D eigenvalue weighted by atomic mass is 9.54. The first-order valence-electron chi connectivity index (χ1n) is 18.1. The number of alkyl carbamates (subject to hydrolysis) is 1. The Morgan fingerprint density at radius 3 is 2.15 bits per heavy atom. The number of carbonyl (C=O) groups excluding carboxylic acids is 5. The van der Waals surface area contributed by atoms with Gasteiger partial charge in [0.05, 0.1) is 6.04 Å². The van der Waals surface area contributed by atoms with E-state index < -0.39 is 47.4 Å². The van der Waals surface area contributed by atoms with Crippen molar-refractivity contribution in [1.29, 1.82) is 0 Å². The predicted molar refractivity (Wildman–Crippen MR) is 177 cm³/mol. The zero-order chi connectivity index (χ0) is 33.5. The maximum Gasteiger partial charge on any atom is 0.408 e. The Bertz CT molecular complexity index is 1250. The molecular weight excluding hydrogens is 596 g/mol. The third kappa shape index (κ3) is 6.75. The van der Waals surface area contributed by atoms with Crippen LogP contribution in [-0.4, -0.2) is 71.3 Å². The Hall–Kier alpha value is -3.17. The van der Waals surface area contributed by atoms with E-state index in [1.54, 1.807) is 11.0 Å². The van der Waals surface area contributed by atoms with Crippen LogP contribution in [0, 0.1) is 40.9 Å². The molecule has 7 rings (SSSR count). The van der Waals surface area contributed by atoms with Crippen LogP contribution in [0.15, 0.2) is 25.3 Å². The van der Waals surface area contributed by atoms with Crippen molar-refractivity contribution in [2.24, 2.45) is 40.9 Å². The number of likely N-dealkylation sites (tertiary alicyclic amines) is 1. The van der Waals surface area contributed by atoms with Gasteiger partial charge in [0.25, 0.3) is 5.91 Å². The van der Waals surface area contributed by atoms with Crippen molar-refractivity contribution < 1.29 is 28.7 Å². The van der Waals surface area contributed by atoms with Crippen LogP contribution in [0.4, 0.5) is 4.79 Å². The van der Waals surface area contributed by atoms with Crippen LogP contribution in [0.5, 0.6) is 0 Å². The lowest BCUT2D eigenvalue weighted by Gasteiger charge is -2.55. The number of nitrogens with one attached hydrogen (secondary N) is 3. The number of hydrogen-bond donors (Lipinski definition) is 3. The molecule has 1 saturated heterocycles. The Morgan fingerprint density at radius 1 is 0.915 bits per heavy atom. The zero-order valence-corrected chi connectivity index (χ0v) is 28.3. The first kappa shape index (κ1) is 33.7. The second kappa shape index (κ2) is 13.4. The molecule has 1 unspecified atom stereocenters. The Labute approximate surface area is 279 Å². The summed E-state index contributed by atoms with van der Waals surface area (Å²) < 4.78 is 6.30. The quantitative estimate of drug-likeness (QED) is 0.200. The van der Waals surface area contributed by atoms with Crippen LogP contribution in [0.3, 0.4) is 0 Å². The SMILES string of the molecule is C=CCCC(NC(=O)[C@@H]1[C@@H]2[C@H](CN1C(=O)[C@@H](NC(=O)OC13CC4CC(CC(C4)C1)C3)C1CCCCC1)C2(C)C)C(=O)C(=O)NCC=C. The summed E-state index contributed by atoms with van der Waals surface area (Å²) in [5.41, 5.74) is -0.572. The van der Waals surface area contributed by atoms with Gasteiger partial charge in [-0.2, -0.15) is 0 Å². The molecule has 6 aliphatic carbocycles. The van der Waals surface area contributed by atoms with Crippen molar-refractivity contribution in [2.45, 2.75) is 121 Å². The predicted octanol–water partition coefficient (Wildman–Crippen LogP) is 4.44. The van der Waals surface area contributed by atoms with E-state index in [9.17, 15) is 24.0 Å². The number of ketones is 1. The number of carbonyl (C=O) groups is 5. The highest BCUT2D eigenvalue weighted by atomic mass is 16.6. The molecule has 4 amide bonds. The van der Waals surface area contributed by atoms with E-state index in [-0.39, 0.29) is 42.0 Å². The summed E-state index contributed by atoms with van der Waals surface area (Å²) >= 11 is 0. The second-order valence-electron chi connectivity index (χ2n) is 16.2. The summed E-state index contributed by atoms with van der Waals surface area (Å²) in [7, 11) is 0. The largest absolute Gasteiger partial charge is 0.443 e. The Kier molecular flexibility index (Phi) is 9.60. The molecule has 7 aliphatic rings. The standard InChI is InChI=1S/C37H54N4O6/c1-5-7-13-27(31(42)33(44)38-14-6-2)39-32(43)30-28-26(36(28,3)4)21-41(30)34(45)29(25-11-9-8-10-12-25)40-35(46)47-37-18-22-15-23(19-37)17-24(16-22)20-37/h5-6,22-30H,1-2,7-21H2,3-4H3,(H,38,44)(H,39,43)(H,40,46)/t22?,23?,24?,26-,27?,28-,29-,30-,37?/m0/s1. The highest BCUT2D eigenvalue weighted by Gasteiger charge is 2.70. The lowest BCUT2D eigenvalue weighted by molar-refractivity contribution is -0.145. The normalized spacial score (nSPS) is 34.4. The lowest BCUT2D eigenvalue weighted by Crippen LogP contribution is -2.60. The van der Waals surface area contributed by atoms with E-state index in [1.807, 2.05) is 0 Å². The molecule has 0 aromatic carbocycles. The average Bonchev–Trinajstić information content (AvgIpc) is 3.34. The first-order valence-corrected chi connectivity index (χ1v) is 18.1.